The number of carbonyl (C=O) groups excluding carboxylic acids is 1. The van der Waals surface area contributed by atoms with Crippen molar-refractivity contribution in [3.63, 3.8) is 0 Å². The number of aromatic nitrogens is 1. The van der Waals surface area contributed by atoms with Crippen LogP contribution in [0.3, 0.4) is 0 Å². The van der Waals surface area contributed by atoms with Gasteiger partial charge in [0.15, 0.2) is 0 Å². The lowest BCUT2D eigenvalue weighted by molar-refractivity contribution is -0.180. The number of nitrogens with zero attached hydrogens (tertiary/aromatic N) is 3. The molecule has 10 nitrogen and oxygen atoms in total. The molecule has 1 aliphatic rings. The van der Waals surface area contributed by atoms with Crippen molar-refractivity contribution in [2.75, 3.05) is 37.6 Å². The molecule has 0 saturated carbocycles. The van der Waals surface area contributed by atoms with Crippen molar-refractivity contribution in [3.8, 4) is 5.75 Å². The topological polar surface area (TPSA) is 149 Å². The highest BCUT2D eigenvalue weighted by atomic mass is 16.6. The van der Waals surface area contributed by atoms with Gasteiger partial charge in [-0.25, -0.2) is 14.6 Å². The molecule has 1 aromatic heterocycles. The minimum atomic E-state index is -3.13. The van der Waals surface area contributed by atoms with E-state index in [9.17, 15) is 19.8 Å². The molecular weight excluding hydrogens is 416 g/mol. The summed E-state index contributed by atoms with van der Waals surface area (Å²) in [4.78, 5) is 31.9. The maximum absolute atomic E-state index is 11.9. The fourth-order valence-corrected chi connectivity index (χ4v) is 3.48. The van der Waals surface area contributed by atoms with E-state index in [0.29, 0.717) is 0 Å². The number of aliphatic carboxylic acids is 1. The number of carbonyl (C=O) groups is 2. The number of benzene rings is 1. The molecule has 2 atom stereocenters. The molecule has 32 heavy (non-hydrogen) atoms. The molecule has 2 unspecified atom stereocenters. The molecule has 0 radical (unpaired) electrons. The largest absolute Gasteiger partial charge is 0.478 e. The van der Waals surface area contributed by atoms with E-state index < -0.39 is 23.8 Å². The predicted octanol–water partition coefficient (Wildman–Crippen LogP) is -0.165. The molecular formula is C22H28N4O6. The number of anilines is 1. The second kappa shape index (κ2) is 10.5. The minimum Gasteiger partial charge on any atom is -0.478 e. The second-order valence-electron chi connectivity index (χ2n) is 7.72. The van der Waals surface area contributed by atoms with Crippen molar-refractivity contribution in [1.82, 2.24) is 9.88 Å². The Balaban J connectivity index is 1.44. The van der Waals surface area contributed by atoms with E-state index in [0.717, 1.165) is 56.9 Å². The third-order valence-corrected chi connectivity index (χ3v) is 5.38. The van der Waals surface area contributed by atoms with Gasteiger partial charge in [-0.3, -0.25) is 10.6 Å². The standard InChI is InChI=1S/C22H28N4O6/c23-22(31,21(29)30)19(27)20(28)32-17-7-3-5-16(15-17)6-4-10-25-11-13-26(14-12-25)18-8-1-2-9-24-18/h1-3,5,7-9,15,19,27,31H,4,6,10-14,23H2,(H,29,30). The van der Waals surface area contributed by atoms with Crippen LogP contribution in [0.4, 0.5) is 5.82 Å². The van der Waals surface area contributed by atoms with E-state index in [1.165, 1.54) is 6.07 Å². The van der Waals surface area contributed by atoms with E-state index in [2.05, 4.69) is 14.8 Å². The summed E-state index contributed by atoms with van der Waals surface area (Å²) in [6.07, 6.45) is 1.04. The van der Waals surface area contributed by atoms with E-state index in [1.807, 2.05) is 24.3 Å². The number of hydrogen-bond donors (Lipinski definition) is 4. The van der Waals surface area contributed by atoms with Crippen LogP contribution in [0.5, 0.6) is 5.75 Å². The third kappa shape index (κ3) is 6.01. The number of aryl methyl sites for hydroxylation is 1. The number of carboxylic acid groups (broad SMARTS) is 1. The highest BCUT2D eigenvalue weighted by molar-refractivity contribution is 5.88. The van der Waals surface area contributed by atoms with Crippen molar-refractivity contribution < 1.29 is 29.6 Å². The molecule has 0 amide bonds. The van der Waals surface area contributed by atoms with Gasteiger partial charge in [-0.1, -0.05) is 18.2 Å². The lowest BCUT2D eigenvalue weighted by atomic mass is 10.1. The number of ether oxygens (including phenoxy) is 1. The zero-order valence-electron chi connectivity index (χ0n) is 17.6. The molecule has 0 aliphatic carbocycles. The van der Waals surface area contributed by atoms with Gasteiger partial charge >= 0.3 is 11.9 Å². The molecule has 3 rings (SSSR count). The maximum atomic E-state index is 11.9. The Bertz CT molecular complexity index is 916. The van der Waals surface area contributed by atoms with Crippen molar-refractivity contribution in [2.45, 2.75) is 24.7 Å². The molecule has 0 bridgehead atoms. The van der Waals surface area contributed by atoms with Crippen LogP contribution >= 0.6 is 0 Å². The first kappa shape index (κ1) is 23.6. The molecule has 1 aliphatic heterocycles. The smallest absolute Gasteiger partial charge is 0.354 e. The van der Waals surface area contributed by atoms with Crippen LogP contribution in [0.15, 0.2) is 48.7 Å². The van der Waals surface area contributed by atoms with E-state index in [4.69, 9.17) is 15.6 Å². The molecule has 2 heterocycles. The summed E-state index contributed by atoms with van der Waals surface area (Å²) in [5.41, 5.74) is 2.86. The fraction of sp³-hybridized carbons (Fsp3) is 0.409. The quantitative estimate of drug-likeness (QED) is 0.233. The lowest BCUT2D eigenvalue weighted by Crippen LogP contribution is -2.61. The normalized spacial score (nSPS) is 17.4. The van der Waals surface area contributed by atoms with Crippen LogP contribution in [0.25, 0.3) is 0 Å². The Hall–Kier alpha value is -3.05. The fourth-order valence-electron chi connectivity index (χ4n) is 3.48. The van der Waals surface area contributed by atoms with Gasteiger partial charge in [-0.2, -0.15) is 0 Å². The van der Waals surface area contributed by atoms with Gasteiger partial charge in [-0.05, 0) is 49.2 Å². The SMILES string of the molecule is NC(O)(C(=O)O)C(O)C(=O)Oc1cccc(CCCN2CCN(c3ccccn3)CC2)c1. The second-order valence-corrected chi connectivity index (χ2v) is 7.72. The van der Waals surface area contributed by atoms with E-state index in [1.54, 1.807) is 18.3 Å². The molecule has 1 aromatic carbocycles. The van der Waals surface area contributed by atoms with Crippen LogP contribution in [0.2, 0.25) is 0 Å². The average molecular weight is 444 g/mol. The summed E-state index contributed by atoms with van der Waals surface area (Å²) in [5.74, 6) is -2.14. The summed E-state index contributed by atoms with van der Waals surface area (Å²) >= 11 is 0. The number of nitrogens with two attached hydrogens (primary N) is 1. The minimum absolute atomic E-state index is 0.136. The van der Waals surface area contributed by atoms with Gasteiger partial charge < -0.3 is 25.0 Å². The molecule has 5 N–H and O–H groups in total. The number of aliphatic hydroxyl groups excluding tert-OH is 1. The summed E-state index contributed by atoms with van der Waals surface area (Å²) in [6, 6.07) is 12.6. The first-order valence-corrected chi connectivity index (χ1v) is 10.4. The number of aliphatic hydroxyl groups is 2. The van der Waals surface area contributed by atoms with Crippen molar-refractivity contribution >= 4 is 17.8 Å². The predicted molar refractivity (Wildman–Crippen MR) is 116 cm³/mol. The van der Waals surface area contributed by atoms with Crippen LogP contribution in [0, 0.1) is 0 Å². The number of rotatable bonds is 9. The molecule has 10 heteroatoms. The monoisotopic (exact) mass is 444 g/mol. The summed E-state index contributed by atoms with van der Waals surface area (Å²) in [6.45, 7) is 4.69. The summed E-state index contributed by atoms with van der Waals surface area (Å²) < 4.78 is 4.99. The highest BCUT2D eigenvalue weighted by Crippen LogP contribution is 2.18. The Morgan fingerprint density at radius 2 is 1.91 bits per heavy atom. The zero-order valence-corrected chi connectivity index (χ0v) is 17.6. The average Bonchev–Trinajstić information content (AvgIpc) is 2.79. The Kier molecular flexibility index (Phi) is 7.75. The zero-order chi connectivity index (χ0) is 23.1. The van der Waals surface area contributed by atoms with Crippen LogP contribution in [-0.2, 0) is 16.0 Å². The maximum Gasteiger partial charge on any atom is 0.354 e. The molecule has 2 aromatic rings. The highest BCUT2D eigenvalue weighted by Gasteiger charge is 2.45. The van der Waals surface area contributed by atoms with E-state index >= 15 is 0 Å². The lowest BCUT2D eigenvalue weighted by Gasteiger charge is -2.35. The van der Waals surface area contributed by atoms with Crippen LogP contribution < -0.4 is 15.4 Å². The molecule has 0 spiro atoms. The number of esters is 1. The number of piperazine rings is 1. The Morgan fingerprint density at radius 1 is 1.16 bits per heavy atom. The van der Waals surface area contributed by atoms with Gasteiger partial charge in [0.25, 0.3) is 5.72 Å². The molecule has 172 valence electrons. The number of carboxylic acids is 1. The first-order chi connectivity index (χ1) is 15.3. The third-order valence-electron chi connectivity index (χ3n) is 5.38. The van der Waals surface area contributed by atoms with Crippen molar-refractivity contribution in [1.29, 1.82) is 0 Å². The number of pyridine rings is 1. The Morgan fingerprint density at radius 3 is 2.56 bits per heavy atom. The summed E-state index contributed by atoms with van der Waals surface area (Å²) in [7, 11) is 0. The van der Waals surface area contributed by atoms with Gasteiger partial charge in [0, 0.05) is 32.4 Å². The van der Waals surface area contributed by atoms with Crippen molar-refractivity contribution in [2.24, 2.45) is 5.73 Å². The first-order valence-electron chi connectivity index (χ1n) is 10.4. The van der Waals surface area contributed by atoms with Gasteiger partial charge in [0.2, 0.25) is 6.10 Å². The molecule has 1 saturated heterocycles. The van der Waals surface area contributed by atoms with Gasteiger partial charge in [-0.15, -0.1) is 0 Å². The Labute approximate surface area is 185 Å². The summed E-state index contributed by atoms with van der Waals surface area (Å²) in [5, 5.41) is 28.0. The van der Waals surface area contributed by atoms with Crippen LogP contribution in [-0.4, -0.2) is 81.7 Å². The van der Waals surface area contributed by atoms with Gasteiger partial charge in [0.1, 0.15) is 11.6 Å². The number of hydrogen-bond acceptors (Lipinski definition) is 9. The van der Waals surface area contributed by atoms with Crippen LogP contribution in [0.1, 0.15) is 12.0 Å². The van der Waals surface area contributed by atoms with Crippen molar-refractivity contribution in [3.05, 3.63) is 54.2 Å². The van der Waals surface area contributed by atoms with E-state index in [-0.39, 0.29) is 5.75 Å². The van der Waals surface area contributed by atoms with Gasteiger partial charge in [0.05, 0.1) is 0 Å². The molecule has 1 fully saturated rings.